The number of para-hydroxylation sites is 1. The molecule has 0 saturated heterocycles. The van der Waals surface area contributed by atoms with Gasteiger partial charge in [-0.2, -0.15) is 0 Å². The maximum Gasteiger partial charge on any atom is 0.277 e. The standard InChI is InChI=1S/C20H16ClN3O3/c1-2-10-22-19(25)15-8-3-4-9-16(15)23-20(26)17-12-18(27-24-17)13-6-5-7-14(21)11-13/h2-9,11-12H,1,10H2,(H,22,25)(H,23,26). The van der Waals surface area contributed by atoms with Crippen molar-refractivity contribution in [1.82, 2.24) is 10.5 Å². The Morgan fingerprint density at radius 2 is 1.93 bits per heavy atom. The fraction of sp³-hybridized carbons (Fsp3) is 0.0500. The first-order valence-electron chi connectivity index (χ1n) is 8.10. The van der Waals surface area contributed by atoms with Crippen molar-refractivity contribution in [3.05, 3.63) is 83.5 Å². The summed E-state index contributed by atoms with van der Waals surface area (Å²) in [4.78, 5) is 24.7. The molecule has 0 saturated carbocycles. The first-order chi connectivity index (χ1) is 13.1. The van der Waals surface area contributed by atoms with Gasteiger partial charge in [-0.05, 0) is 24.3 Å². The number of hydrogen-bond acceptors (Lipinski definition) is 4. The third kappa shape index (κ3) is 4.43. The van der Waals surface area contributed by atoms with Gasteiger partial charge >= 0.3 is 0 Å². The minimum Gasteiger partial charge on any atom is -0.355 e. The molecule has 2 aromatic carbocycles. The topological polar surface area (TPSA) is 84.2 Å². The lowest BCUT2D eigenvalue weighted by molar-refractivity contribution is 0.0959. The second kappa shape index (κ2) is 8.33. The Balaban J connectivity index is 1.79. The smallest absolute Gasteiger partial charge is 0.277 e. The van der Waals surface area contributed by atoms with Crippen molar-refractivity contribution in [2.45, 2.75) is 0 Å². The number of amides is 2. The number of benzene rings is 2. The monoisotopic (exact) mass is 381 g/mol. The zero-order valence-corrected chi connectivity index (χ0v) is 15.0. The minimum absolute atomic E-state index is 0.0891. The van der Waals surface area contributed by atoms with Gasteiger partial charge < -0.3 is 15.2 Å². The van der Waals surface area contributed by atoms with Crippen molar-refractivity contribution >= 4 is 29.1 Å². The number of carbonyl (C=O) groups is 2. The van der Waals surface area contributed by atoms with Crippen LogP contribution in [0.2, 0.25) is 5.02 Å². The van der Waals surface area contributed by atoms with Crippen molar-refractivity contribution in [3.8, 4) is 11.3 Å². The molecule has 0 atom stereocenters. The van der Waals surface area contributed by atoms with Gasteiger partial charge in [0.05, 0.1) is 11.3 Å². The third-order valence-corrected chi connectivity index (χ3v) is 3.91. The summed E-state index contributed by atoms with van der Waals surface area (Å²) < 4.78 is 5.24. The summed E-state index contributed by atoms with van der Waals surface area (Å²) in [5.41, 5.74) is 1.51. The fourth-order valence-corrected chi connectivity index (χ4v) is 2.59. The molecule has 3 rings (SSSR count). The van der Waals surface area contributed by atoms with E-state index in [2.05, 4.69) is 22.4 Å². The number of hydrogen-bond donors (Lipinski definition) is 2. The summed E-state index contributed by atoms with van der Waals surface area (Å²) in [6.45, 7) is 3.88. The van der Waals surface area contributed by atoms with Gasteiger partial charge in [0, 0.05) is 23.2 Å². The number of anilines is 1. The highest BCUT2D eigenvalue weighted by Crippen LogP contribution is 2.24. The summed E-state index contributed by atoms with van der Waals surface area (Å²) in [5, 5.41) is 9.71. The van der Waals surface area contributed by atoms with Crippen molar-refractivity contribution in [2.75, 3.05) is 11.9 Å². The maximum absolute atomic E-state index is 12.5. The van der Waals surface area contributed by atoms with Gasteiger partial charge in [-0.15, -0.1) is 6.58 Å². The van der Waals surface area contributed by atoms with Crippen LogP contribution in [0.3, 0.4) is 0 Å². The molecule has 3 aromatic rings. The van der Waals surface area contributed by atoms with Crippen LogP contribution in [0.5, 0.6) is 0 Å². The molecular formula is C20H16ClN3O3. The van der Waals surface area contributed by atoms with Crippen LogP contribution in [0.15, 0.2) is 71.8 Å². The van der Waals surface area contributed by atoms with E-state index in [4.69, 9.17) is 16.1 Å². The van der Waals surface area contributed by atoms with Crippen LogP contribution in [0, 0.1) is 0 Å². The summed E-state index contributed by atoms with van der Waals surface area (Å²) in [5.74, 6) is -0.388. The minimum atomic E-state index is -0.490. The first kappa shape index (κ1) is 18.4. The Bertz CT molecular complexity index is 997. The van der Waals surface area contributed by atoms with E-state index in [1.165, 1.54) is 6.07 Å². The quantitative estimate of drug-likeness (QED) is 0.628. The lowest BCUT2D eigenvalue weighted by atomic mass is 10.1. The van der Waals surface area contributed by atoms with Crippen molar-refractivity contribution in [2.24, 2.45) is 0 Å². The Morgan fingerprint density at radius 1 is 1.11 bits per heavy atom. The number of nitrogens with one attached hydrogen (secondary N) is 2. The summed E-state index contributed by atoms with van der Waals surface area (Å²) in [6.07, 6.45) is 1.58. The Hall–Kier alpha value is -3.38. The van der Waals surface area contributed by atoms with E-state index in [9.17, 15) is 9.59 Å². The highest BCUT2D eigenvalue weighted by atomic mass is 35.5. The van der Waals surface area contributed by atoms with Gasteiger partial charge in [0.1, 0.15) is 0 Å². The van der Waals surface area contributed by atoms with Crippen LogP contribution < -0.4 is 10.6 Å². The molecule has 7 heteroatoms. The van der Waals surface area contributed by atoms with Crippen LogP contribution in [0.25, 0.3) is 11.3 Å². The van der Waals surface area contributed by atoms with E-state index in [0.29, 0.717) is 34.1 Å². The van der Waals surface area contributed by atoms with Crippen LogP contribution in [0.4, 0.5) is 5.69 Å². The highest BCUT2D eigenvalue weighted by Gasteiger charge is 2.17. The lowest BCUT2D eigenvalue weighted by Crippen LogP contribution is -2.25. The van der Waals surface area contributed by atoms with Gasteiger partial charge in [0.25, 0.3) is 11.8 Å². The molecule has 0 unspecified atom stereocenters. The van der Waals surface area contributed by atoms with E-state index in [1.807, 2.05) is 0 Å². The van der Waals surface area contributed by atoms with Crippen molar-refractivity contribution < 1.29 is 14.1 Å². The Labute approximate surface area is 160 Å². The van der Waals surface area contributed by atoms with Crippen LogP contribution in [-0.2, 0) is 0 Å². The van der Waals surface area contributed by atoms with E-state index in [-0.39, 0.29) is 11.6 Å². The number of halogens is 1. The predicted octanol–water partition coefficient (Wildman–Crippen LogP) is 4.16. The van der Waals surface area contributed by atoms with Gasteiger partial charge in [0.15, 0.2) is 11.5 Å². The average Bonchev–Trinajstić information content (AvgIpc) is 3.17. The van der Waals surface area contributed by atoms with Gasteiger partial charge in [-0.25, -0.2) is 0 Å². The molecule has 0 bridgehead atoms. The normalized spacial score (nSPS) is 10.3. The molecule has 1 aromatic heterocycles. The van der Waals surface area contributed by atoms with E-state index in [1.54, 1.807) is 54.6 Å². The van der Waals surface area contributed by atoms with Gasteiger partial charge in [-0.3, -0.25) is 9.59 Å². The molecule has 27 heavy (non-hydrogen) atoms. The van der Waals surface area contributed by atoms with Gasteiger partial charge in [-0.1, -0.05) is 47.1 Å². The van der Waals surface area contributed by atoms with E-state index in [0.717, 1.165) is 0 Å². The van der Waals surface area contributed by atoms with Crippen molar-refractivity contribution in [3.63, 3.8) is 0 Å². The SMILES string of the molecule is C=CCNC(=O)c1ccccc1NC(=O)c1cc(-c2cccc(Cl)c2)on1. The Kier molecular flexibility index (Phi) is 5.68. The number of rotatable bonds is 6. The molecule has 136 valence electrons. The van der Waals surface area contributed by atoms with Crippen LogP contribution in [0.1, 0.15) is 20.8 Å². The van der Waals surface area contributed by atoms with Crippen molar-refractivity contribution in [1.29, 1.82) is 0 Å². The molecule has 0 aliphatic rings. The zero-order chi connectivity index (χ0) is 19.2. The second-order valence-corrected chi connectivity index (χ2v) is 6.02. The predicted molar refractivity (Wildman–Crippen MR) is 104 cm³/mol. The largest absolute Gasteiger partial charge is 0.355 e. The highest BCUT2D eigenvalue weighted by molar-refractivity contribution is 6.30. The van der Waals surface area contributed by atoms with E-state index >= 15 is 0 Å². The molecule has 0 spiro atoms. The second-order valence-electron chi connectivity index (χ2n) is 5.59. The summed E-state index contributed by atoms with van der Waals surface area (Å²) in [7, 11) is 0. The fourth-order valence-electron chi connectivity index (χ4n) is 2.40. The molecule has 6 nitrogen and oxygen atoms in total. The lowest BCUT2D eigenvalue weighted by Gasteiger charge is -2.09. The first-order valence-corrected chi connectivity index (χ1v) is 8.48. The molecule has 0 radical (unpaired) electrons. The number of nitrogens with zero attached hydrogens (tertiary/aromatic N) is 1. The summed E-state index contributed by atoms with van der Waals surface area (Å²) in [6, 6.07) is 15.2. The molecule has 2 amide bonds. The molecule has 0 aliphatic heterocycles. The third-order valence-electron chi connectivity index (χ3n) is 3.68. The molecule has 0 aliphatic carbocycles. The zero-order valence-electron chi connectivity index (χ0n) is 14.2. The maximum atomic E-state index is 12.5. The number of carbonyl (C=O) groups excluding carboxylic acids is 2. The average molecular weight is 382 g/mol. The molecule has 2 N–H and O–H groups in total. The van der Waals surface area contributed by atoms with Crippen LogP contribution >= 0.6 is 11.6 Å². The molecule has 0 fully saturated rings. The number of aromatic nitrogens is 1. The summed E-state index contributed by atoms with van der Waals surface area (Å²) >= 11 is 5.97. The molecule has 1 heterocycles. The molecular weight excluding hydrogens is 366 g/mol. The van der Waals surface area contributed by atoms with Gasteiger partial charge in [0.2, 0.25) is 0 Å². The van der Waals surface area contributed by atoms with Crippen LogP contribution in [-0.4, -0.2) is 23.5 Å². The van der Waals surface area contributed by atoms with E-state index < -0.39 is 5.91 Å². The Morgan fingerprint density at radius 3 is 2.70 bits per heavy atom.